The van der Waals surface area contributed by atoms with Gasteiger partial charge in [0.2, 0.25) is 10.0 Å². The molecule has 4 rings (SSSR count). The van der Waals surface area contributed by atoms with Gasteiger partial charge < -0.3 is 34.9 Å². The summed E-state index contributed by atoms with van der Waals surface area (Å²) in [6.45, 7) is 2.47. The lowest BCUT2D eigenvalue weighted by atomic mass is 9.96. The number of carboxylic acids is 2. The smallest absolute Gasteiger partial charge is 0.350 e. The molecular formula is C31H35Cl2N5O12S. The van der Waals surface area contributed by atoms with E-state index in [0.717, 1.165) is 10.4 Å². The molecule has 1 atom stereocenters. The number of ether oxygens (including phenoxy) is 2. The summed E-state index contributed by atoms with van der Waals surface area (Å²) in [6, 6.07) is 8.24. The minimum absolute atomic E-state index is 0.0380. The van der Waals surface area contributed by atoms with E-state index >= 15 is 0 Å². The molecule has 20 heteroatoms. The molecule has 0 aliphatic carbocycles. The zero-order valence-corrected chi connectivity index (χ0v) is 29.3. The van der Waals surface area contributed by atoms with Gasteiger partial charge in [0, 0.05) is 49.3 Å². The number of hydrogen-bond acceptors (Lipinski definition) is 12. The highest BCUT2D eigenvalue weighted by atomic mass is 35.5. The number of amides is 2. The van der Waals surface area contributed by atoms with Gasteiger partial charge in [-0.3, -0.25) is 9.69 Å². The van der Waals surface area contributed by atoms with Gasteiger partial charge >= 0.3 is 23.9 Å². The molecular weight excluding hydrogens is 737 g/mol. The fraction of sp³-hybridized carbons (Fsp3) is 0.452. The maximum absolute atomic E-state index is 13.9. The van der Waals surface area contributed by atoms with Crippen LogP contribution in [-0.2, 0) is 34.0 Å². The van der Waals surface area contributed by atoms with Crippen LogP contribution < -0.4 is 10.1 Å². The van der Waals surface area contributed by atoms with E-state index in [1.807, 2.05) is 11.0 Å². The number of carbonyl (C=O) groups is 4. The Kier molecular flexibility index (Phi) is 13.4. The van der Waals surface area contributed by atoms with Crippen molar-refractivity contribution in [3.8, 4) is 17.6 Å². The summed E-state index contributed by atoms with van der Waals surface area (Å²) >= 11 is 12.1. The van der Waals surface area contributed by atoms with Crippen molar-refractivity contribution in [3.05, 3.63) is 52.0 Å². The van der Waals surface area contributed by atoms with Gasteiger partial charge in [-0.1, -0.05) is 23.2 Å². The van der Waals surface area contributed by atoms with Crippen LogP contribution in [0.4, 0.5) is 4.79 Å². The topological polar surface area (TPSA) is 236 Å². The van der Waals surface area contributed by atoms with E-state index in [9.17, 15) is 43.1 Å². The van der Waals surface area contributed by atoms with Crippen LogP contribution in [0.15, 0.2) is 41.3 Å². The predicted molar refractivity (Wildman–Crippen MR) is 178 cm³/mol. The van der Waals surface area contributed by atoms with E-state index in [4.69, 9.17) is 42.6 Å². The van der Waals surface area contributed by atoms with Crippen molar-refractivity contribution in [3.63, 3.8) is 0 Å². The van der Waals surface area contributed by atoms with Gasteiger partial charge in [-0.2, -0.15) is 14.6 Å². The van der Waals surface area contributed by atoms with E-state index < -0.39 is 58.4 Å². The third-order valence-electron chi connectivity index (χ3n) is 8.00. The minimum Gasteiger partial charge on any atom is -0.481 e. The lowest BCUT2D eigenvalue weighted by Crippen LogP contribution is -2.53. The average molecular weight is 773 g/mol. The van der Waals surface area contributed by atoms with Crippen LogP contribution in [0, 0.1) is 11.3 Å². The number of morpholine rings is 1. The third-order valence-corrected chi connectivity index (χ3v) is 10.4. The standard InChI is InChI=1S/C31H35Cl2N5O12S/c32-21-14-22(33)16-24(15-21)49-25-2-1-20(19-34)13-26(25)51(46,47)37-6-3-23(4-7-37)38(30(44)35-5-8-36-9-11-48-12-10-36)50-28(41)18-31(45,29(42)43)17-27(39)40/h1-2,13-16,23,45H,3-12,17-18H2,(H,35,44)(H,39,40)(H,42,43). The Morgan fingerprint density at radius 1 is 1.02 bits per heavy atom. The lowest BCUT2D eigenvalue weighted by molar-refractivity contribution is -0.196. The van der Waals surface area contributed by atoms with E-state index in [-0.39, 0.29) is 64.5 Å². The molecule has 1 unspecified atom stereocenters. The average Bonchev–Trinajstić information content (AvgIpc) is 3.07. The van der Waals surface area contributed by atoms with Crippen LogP contribution in [0.5, 0.6) is 11.5 Å². The Morgan fingerprint density at radius 3 is 2.25 bits per heavy atom. The number of aliphatic carboxylic acids is 2. The SMILES string of the molecule is N#Cc1ccc(Oc2cc(Cl)cc(Cl)c2)c(S(=O)(=O)N2CCC(N(OC(=O)CC(O)(CC(=O)O)C(=O)O)C(=O)NCCN3CCOCC3)CC2)c1. The molecule has 2 aliphatic heterocycles. The Hall–Kier alpha value is -4.22. The van der Waals surface area contributed by atoms with E-state index in [1.54, 1.807) is 0 Å². The molecule has 2 aromatic carbocycles. The highest BCUT2D eigenvalue weighted by Gasteiger charge is 2.43. The molecule has 2 aromatic rings. The first-order chi connectivity index (χ1) is 24.1. The first-order valence-electron chi connectivity index (χ1n) is 15.5. The summed E-state index contributed by atoms with van der Waals surface area (Å²) in [6.07, 6.45) is -2.75. The molecule has 4 N–H and O–H groups in total. The Labute approximate surface area is 302 Å². The molecule has 2 saturated heterocycles. The van der Waals surface area contributed by atoms with Crippen molar-refractivity contribution in [1.82, 2.24) is 19.6 Å². The number of benzene rings is 2. The molecule has 0 aromatic heterocycles. The third kappa shape index (κ3) is 10.6. The summed E-state index contributed by atoms with van der Waals surface area (Å²) < 4.78 is 40.1. The fourth-order valence-electron chi connectivity index (χ4n) is 5.38. The molecule has 2 amide bonds. The molecule has 276 valence electrons. The van der Waals surface area contributed by atoms with Gasteiger partial charge in [-0.15, -0.1) is 0 Å². The van der Waals surface area contributed by atoms with Crippen LogP contribution in [0.2, 0.25) is 10.0 Å². The van der Waals surface area contributed by atoms with Gasteiger partial charge in [-0.25, -0.2) is 22.8 Å². The second-order valence-corrected chi connectivity index (χ2v) is 14.5. The van der Waals surface area contributed by atoms with Crippen molar-refractivity contribution in [1.29, 1.82) is 5.26 Å². The number of carbonyl (C=O) groups excluding carboxylic acids is 2. The molecule has 17 nitrogen and oxygen atoms in total. The summed E-state index contributed by atoms with van der Waals surface area (Å²) in [7, 11) is -4.34. The number of rotatable bonds is 13. The van der Waals surface area contributed by atoms with Crippen LogP contribution in [-0.4, -0.2) is 126 Å². The minimum atomic E-state index is -4.34. The number of hydrogen-bond donors (Lipinski definition) is 4. The summed E-state index contributed by atoms with van der Waals surface area (Å²) in [5, 5.41) is 42.0. The first kappa shape index (κ1) is 39.6. The van der Waals surface area contributed by atoms with Crippen LogP contribution in [0.3, 0.4) is 0 Å². The van der Waals surface area contributed by atoms with Crippen LogP contribution >= 0.6 is 23.2 Å². The maximum Gasteiger partial charge on any atom is 0.350 e. The highest BCUT2D eigenvalue weighted by Crippen LogP contribution is 2.35. The molecule has 2 heterocycles. The number of hydroxylamine groups is 2. The van der Waals surface area contributed by atoms with Gasteiger partial charge in [-0.05, 0) is 49.2 Å². The van der Waals surface area contributed by atoms with E-state index in [1.165, 1.54) is 30.3 Å². The predicted octanol–water partition coefficient (Wildman–Crippen LogP) is 2.29. The second-order valence-electron chi connectivity index (χ2n) is 11.7. The number of sulfonamides is 1. The summed E-state index contributed by atoms with van der Waals surface area (Å²) in [5.41, 5.74) is -2.98. The number of nitrogens with zero attached hydrogens (tertiary/aromatic N) is 4. The largest absolute Gasteiger partial charge is 0.481 e. The summed E-state index contributed by atoms with van der Waals surface area (Å²) in [5.74, 6) is -5.05. The maximum atomic E-state index is 13.9. The highest BCUT2D eigenvalue weighted by molar-refractivity contribution is 7.89. The molecule has 51 heavy (non-hydrogen) atoms. The molecule has 0 bridgehead atoms. The second kappa shape index (κ2) is 17.3. The van der Waals surface area contributed by atoms with Crippen LogP contribution in [0.1, 0.15) is 31.2 Å². The Balaban J connectivity index is 1.52. The fourth-order valence-corrected chi connectivity index (χ4v) is 7.50. The number of nitrogens with one attached hydrogen (secondary N) is 1. The van der Waals surface area contributed by atoms with E-state index in [2.05, 4.69) is 5.32 Å². The summed E-state index contributed by atoms with van der Waals surface area (Å²) in [4.78, 5) is 56.0. The zero-order valence-electron chi connectivity index (χ0n) is 27.0. The molecule has 0 radical (unpaired) electrons. The quantitative estimate of drug-likeness (QED) is 0.214. The lowest BCUT2D eigenvalue weighted by Gasteiger charge is -2.37. The number of piperidine rings is 1. The van der Waals surface area contributed by atoms with Crippen molar-refractivity contribution in [2.75, 3.05) is 52.5 Å². The van der Waals surface area contributed by atoms with Crippen molar-refractivity contribution in [2.24, 2.45) is 0 Å². The number of carboxylic acid groups (broad SMARTS) is 2. The molecule has 2 aliphatic rings. The van der Waals surface area contributed by atoms with Crippen molar-refractivity contribution in [2.45, 2.75) is 42.2 Å². The molecule has 2 fully saturated rings. The van der Waals surface area contributed by atoms with Crippen molar-refractivity contribution >= 4 is 57.2 Å². The zero-order chi connectivity index (χ0) is 37.3. The molecule has 0 saturated carbocycles. The normalized spacial score (nSPS) is 17.1. The Morgan fingerprint density at radius 2 is 1.67 bits per heavy atom. The number of nitriles is 1. The molecule has 0 spiro atoms. The van der Waals surface area contributed by atoms with Gasteiger partial charge in [0.15, 0.2) is 5.60 Å². The first-order valence-corrected chi connectivity index (χ1v) is 17.7. The monoisotopic (exact) mass is 771 g/mol. The van der Waals surface area contributed by atoms with Crippen molar-refractivity contribution < 1.29 is 57.2 Å². The van der Waals surface area contributed by atoms with Gasteiger partial charge in [0.25, 0.3) is 0 Å². The number of halogens is 2. The number of urea groups is 1. The Bertz CT molecular complexity index is 1760. The van der Waals surface area contributed by atoms with Gasteiger partial charge in [0.05, 0.1) is 43.7 Å². The van der Waals surface area contributed by atoms with Gasteiger partial charge in [0.1, 0.15) is 16.4 Å². The van der Waals surface area contributed by atoms with E-state index in [0.29, 0.717) is 37.9 Å². The number of aliphatic hydroxyl groups is 1. The van der Waals surface area contributed by atoms with Crippen LogP contribution in [0.25, 0.3) is 0 Å².